The van der Waals surface area contributed by atoms with Crippen LogP contribution in [0.3, 0.4) is 0 Å². The molecular weight excluding hydrogens is 499 g/mol. The van der Waals surface area contributed by atoms with Crippen LogP contribution in [0.25, 0.3) is 21.2 Å². The quantitative estimate of drug-likeness (QED) is 0.256. The van der Waals surface area contributed by atoms with Crippen LogP contribution in [0.1, 0.15) is 35.8 Å². The summed E-state index contributed by atoms with van der Waals surface area (Å²) in [6, 6.07) is 11.4. The SMILES string of the molecule is CCNCCO.Cc1sc2cc(CCCCOS(C)(=O)=O)ccc2c1-c1ccc(C(F)(F)F)cc1. The van der Waals surface area contributed by atoms with Crippen LogP contribution in [0.4, 0.5) is 13.2 Å². The number of hydrogen-bond acceptors (Lipinski definition) is 6. The first-order chi connectivity index (χ1) is 16.5. The maximum Gasteiger partial charge on any atom is 0.416 e. The summed E-state index contributed by atoms with van der Waals surface area (Å²) in [4.78, 5) is 1.05. The van der Waals surface area contributed by atoms with Crippen LogP contribution in [0, 0.1) is 6.92 Å². The first-order valence-electron chi connectivity index (χ1n) is 11.3. The minimum Gasteiger partial charge on any atom is -0.395 e. The van der Waals surface area contributed by atoms with Gasteiger partial charge in [-0.05, 0) is 62.1 Å². The molecule has 0 aliphatic carbocycles. The van der Waals surface area contributed by atoms with E-state index in [4.69, 9.17) is 9.29 Å². The Kier molecular flexibility index (Phi) is 11.2. The van der Waals surface area contributed by atoms with Crippen LogP contribution in [-0.2, 0) is 26.9 Å². The summed E-state index contributed by atoms with van der Waals surface area (Å²) >= 11 is 1.62. The molecule has 10 heteroatoms. The number of likely N-dealkylation sites (N-methyl/N-ethyl adjacent to an activating group) is 1. The average Bonchev–Trinajstić information content (AvgIpc) is 3.11. The second-order valence-electron chi connectivity index (χ2n) is 8.00. The second-order valence-corrected chi connectivity index (χ2v) is 10.9. The Morgan fingerprint density at radius 2 is 1.77 bits per heavy atom. The molecule has 2 N–H and O–H groups in total. The first kappa shape index (κ1) is 29.3. The number of nitrogens with one attached hydrogen (secondary N) is 1. The number of benzene rings is 2. The van der Waals surface area contributed by atoms with Crippen molar-refractivity contribution in [1.29, 1.82) is 0 Å². The van der Waals surface area contributed by atoms with Crippen molar-refractivity contribution in [3.63, 3.8) is 0 Å². The fraction of sp³-hybridized carbons (Fsp3) is 0.440. The molecular formula is C25H32F3NO4S2. The van der Waals surface area contributed by atoms with Crippen molar-refractivity contribution in [2.24, 2.45) is 0 Å². The highest BCUT2D eigenvalue weighted by molar-refractivity contribution is 7.85. The normalized spacial score (nSPS) is 12.0. The lowest BCUT2D eigenvalue weighted by atomic mass is 9.99. The van der Waals surface area contributed by atoms with Gasteiger partial charge in [0.05, 0.1) is 25.0 Å². The minimum atomic E-state index is -4.34. The molecule has 0 saturated carbocycles. The highest BCUT2D eigenvalue weighted by atomic mass is 32.2. The number of unbranched alkanes of at least 4 members (excludes halogenated alkanes) is 1. The number of fused-ring (bicyclic) bond motifs is 1. The van der Waals surface area contributed by atoms with Gasteiger partial charge in [0.15, 0.2) is 0 Å². The lowest BCUT2D eigenvalue weighted by molar-refractivity contribution is -0.137. The Balaban J connectivity index is 0.000000641. The average molecular weight is 532 g/mol. The predicted molar refractivity (Wildman–Crippen MR) is 136 cm³/mol. The molecule has 194 valence electrons. The van der Waals surface area contributed by atoms with E-state index < -0.39 is 21.9 Å². The second kappa shape index (κ2) is 13.4. The van der Waals surface area contributed by atoms with Crippen LogP contribution in [0.5, 0.6) is 0 Å². The zero-order chi connectivity index (χ0) is 26.1. The van der Waals surface area contributed by atoms with Crippen molar-refractivity contribution in [3.05, 3.63) is 58.5 Å². The maximum absolute atomic E-state index is 12.8. The van der Waals surface area contributed by atoms with E-state index in [1.165, 1.54) is 12.1 Å². The largest absolute Gasteiger partial charge is 0.416 e. The number of thiophene rings is 1. The number of hydrogen-bond donors (Lipinski definition) is 2. The van der Waals surface area contributed by atoms with E-state index >= 15 is 0 Å². The fourth-order valence-corrected chi connectivity index (χ4v) is 5.07. The number of aliphatic hydroxyl groups is 1. The van der Waals surface area contributed by atoms with Crippen LogP contribution in [-0.4, -0.2) is 46.1 Å². The van der Waals surface area contributed by atoms with Gasteiger partial charge in [0.2, 0.25) is 0 Å². The molecule has 2 aromatic carbocycles. The Morgan fingerprint density at radius 1 is 1.09 bits per heavy atom. The van der Waals surface area contributed by atoms with Gasteiger partial charge >= 0.3 is 6.18 Å². The van der Waals surface area contributed by atoms with E-state index in [1.54, 1.807) is 11.3 Å². The van der Waals surface area contributed by atoms with E-state index in [1.807, 2.05) is 26.0 Å². The fourth-order valence-electron chi connectivity index (χ4n) is 3.50. The third-order valence-electron chi connectivity index (χ3n) is 5.13. The number of halogens is 3. The van der Waals surface area contributed by atoms with Crippen molar-refractivity contribution >= 4 is 31.5 Å². The third-order valence-corrected chi connectivity index (χ3v) is 6.79. The van der Waals surface area contributed by atoms with E-state index in [-0.39, 0.29) is 13.2 Å². The van der Waals surface area contributed by atoms with Gasteiger partial charge in [0.1, 0.15) is 0 Å². The van der Waals surface area contributed by atoms with E-state index in [0.717, 1.165) is 76.0 Å². The Morgan fingerprint density at radius 3 is 2.31 bits per heavy atom. The molecule has 0 radical (unpaired) electrons. The highest BCUT2D eigenvalue weighted by Gasteiger charge is 2.30. The molecule has 0 saturated heterocycles. The molecule has 0 bridgehead atoms. The number of alkyl halides is 3. The smallest absolute Gasteiger partial charge is 0.395 e. The van der Waals surface area contributed by atoms with E-state index in [2.05, 4.69) is 11.4 Å². The Labute approximate surface area is 209 Å². The molecule has 1 heterocycles. The molecule has 5 nitrogen and oxygen atoms in total. The van der Waals surface area contributed by atoms with Gasteiger partial charge in [-0.2, -0.15) is 21.6 Å². The summed E-state index contributed by atoms with van der Waals surface area (Å²) in [6.45, 7) is 6.07. The number of aryl methyl sites for hydroxylation is 2. The van der Waals surface area contributed by atoms with Gasteiger partial charge < -0.3 is 10.4 Å². The van der Waals surface area contributed by atoms with Crippen LogP contribution >= 0.6 is 11.3 Å². The molecule has 0 atom stereocenters. The molecule has 0 aliphatic heterocycles. The molecule has 35 heavy (non-hydrogen) atoms. The monoisotopic (exact) mass is 531 g/mol. The Bertz CT molecular complexity index is 1170. The van der Waals surface area contributed by atoms with Gasteiger partial charge in [-0.15, -0.1) is 11.3 Å². The van der Waals surface area contributed by atoms with Crippen molar-refractivity contribution in [2.45, 2.75) is 39.3 Å². The molecule has 0 spiro atoms. The topological polar surface area (TPSA) is 75.6 Å². The third kappa shape index (κ3) is 9.53. The summed E-state index contributed by atoms with van der Waals surface area (Å²) in [5.41, 5.74) is 2.22. The zero-order valence-electron chi connectivity index (χ0n) is 20.1. The van der Waals surface area contributed by atoms with Crippen molar-refractivity contribution in [3.8, 4) is 11.1 Å². The van der Waals surface area contributed by atoms with Crippen LogP contribution < -0.4 is 5.32 Å². The minimum absolute atomic E-state index is 0.178. The highest BCUT2D eigenvalue weighted by Crippen LogP contribution is 2.40. The summed E-state index contributed by atoms with van der Waals surface area (Å²) in [5, 5.41) is 12.1. The van der Waals surface area contributed by atoms with Crippen LogP contribution in [0.2, 0.25) is 0 Å². The molecule has 3 rings (SSSR count). The van der Waals surface area contributed by atoms with E-state index in [9.17, 15) is 21.6 Å². The van der Waals surface area contributed by atoms with Gasteiger partial charge in [-0.1, -0.05) is 31.2 Å². The summed E-state index contributed by atoms with van der Waals surface area (Å²) in [7, 11) is -3.40. The molecule has 0 aliphatic rings. The predicted octanol–water partition coefficient (Wildman–Crippen LogP) is 5.78. The van der Waals surface area contributed by atoms with Crippen molar-refractivity contribution in [2.75, 3.05) is 32.6 Å². The molecule has 3 aromatic rings. The molecule has 0 fully saturated rings. The zero-order valence-corrected chi connectivity index (χ0v) is 21.7. The van der Waals surface area contributed by atoms with Gasteiger partial charge in [-0.25, -0.2) is 0 Å². The number of rotatable bonds is 10. The maximum atomic E-state index is 12.8. The van der Waals surface area contributed by atoms with Crippen molar-refractivity contribution < 1.29 is 30.9 Å². The molecule has 0 unspecified atom stereocenters. The Hall–Kier alpha value is -1.98. The summed E-state index contributed by atoms with van der Waals surface area (Å²) < 4.78 is 66.2. The van der Waals surface area contributed by atoms with Gasteiger partial charge in [0, 0.05) is 27.1 Å². The lowest BCUT2D eigenvalue weighted by Crippen LogP contribution is -2.16. The standard InChI is InChI=1S/C21H21F3O3S2.C4H11NO/c1-14-20(16-7-9-17(10-8-16)21(22,23)24)18-11-6-15(13-19(18)28-14)5-3-4-12-27-29(2,25)26;1-2-5-3-4-6/h6-11,13H,3-5,12H2,1-2H3;5-6H,2-4H2,1H3. The summed E-state index contributed by atoms with van der Waals surface area (Å²) in [6.07, 6.45) is -1.06. The van der Waals surface area contributed by atoms with Crippen LogP contribution in [0.15, 0.2) is 42.5 Å². The van der Waals surface area contributed by atoms with Crippen molar-refractivity contribution in [1.82, 2.24) is 5.32 Å². The number of aliphatic hydroxyl groups excluding tert-OH is 1. The van der Waals surface area contributed by atoms with Gasteiger partial charge in [0.25, 0.3) is 10.1 Å². The molecule has 1 aromatic heterocycles. The van der Waals surface area contributed by atoms with E-state index in [0.29, 0.717) is 6.42 Å². The lowest BCUT2D eigenvalue weighted by Gasteiger charge is -2.08. The summed E-state index contributed by atoms with van der Waals surface area (Å²) in [5.74, 6) is 0. The van der Waals surface area contributed by atoms with Gasteiger partial charge in [-0.3, -0.25) is 4.18 Å². The first-order valence-corrected chi connectivity index (χ1v) is 13.9. The molecule has 0 amide bonds.